The van der Waals surface area contributed by atoms with E-state index in [1.807, 2.05) is 6.07 Å². The van der Waals surface area contributed by atoms with Gasteiger partial charge < -0.3 is 4.74 Å². The third kappa shape index (κ3) is 2.88. The summed E-state index contributed by atoms with van der Waals surface area (Å²) in [6.45, 7) is 3.14. The van der Waals surface area contributed by atoms with Crippen molar-refractivity contribution in [3.05, 3.63) is 29.0 Å². The number of likely N-dealkylation sites (tertiary alicyclic amines) is 1. The average Bonchev–Trinajstić information content (AvgIpc) is 3.23. The van der Waals surface area contributed by atoms with Crippen molar-refractivity contribution in [2.45, 2.75) is 49.2 Å². The first-order valence-electron chi connectivity index (χ1n) is 9.44. The van der Waals surface area contributed by atoms with Crippen LogP contribution >= 0.6 is 11.6 Å². The normalized spacial score (nSPS) is 36.6. The zero-order chi connectivity index (χ0) is 17.9. The van der Waals surface area contributed by atoms with Crippen molar-refractivity contribution in [1.29, 1.82) is 0 Å². The Balaban J connectivity index is 1.28. The molecule has 6 nitrogen and oxygen atoms in total. The van der Waals surface area contributed by atoms with Gasteiger partial charge in [0.05, 0.1) is 22.0 Å². The van der Waals surface area contributed by atoms with E-state index in [-0.39, 0.29) is 22.9 Å². The van der Waals surface area contributed by atoms with E-state index in [9.17, 15) is 8.42 Å². The molecule has 26 heavy (non-hydrogen) atoms. The van der Waals surface area contributed by atoms with Gasteiger partial charge in [0.1, 0.15) is 0 Å². The van der Waals surface area contributed by atoms with Crippen molar-refractivity contribution in [3.8, 4) is 0 Å². The Labute approximate surface area is 159 Å². The molecule has 2 bridgehead atoms. The number of halogens is 1. The van der Waals surface area contributed by atoms with E-state index in [0.29, 0.717) is 17.5 Å². The summed E-state index contributed by atoms with van der Waals surface area (Å²) < 4.78 is 33.7. The van der Waals surface area contributed by atoms with Gasteiger partial charge in [0.25, 0.3) is 0 Å². The fourth-order valence-electron chi connectivity index (χ4n) is 5.16. The largest absolute Gasteiger partial charge is 0.370 e. The van der Waals surface area contributed by atoms with Gasteiger partial charge in [-0.15, -0.1) is 0 Å². The number of nitrogens with one attached hydrogen (secondary N) is 1. The number of rotatable bonds is 6. The summed E-state index contributed by atoms with van der Waals surface area (Å²) in [5, 5.41) is 0.533. The molecule has 142 valence electrons. The van der Waals surface area contributed by atoms with Crippen LogP contribution in [0.2, 0.25) is 5.02 Å². The Bertz CT molecular complexity index is 816. The number of sulfonamides is 1. The molecular weight excluding hydrogens is 374 g/mol. The molecule has 0 radical (unpaired) electrons. The molecule has 3 aliphatic heterocycles. The highest BCUT2D eigenvalue weighted by Crippen LogP contribution is 2.55. The first-order chi connectivity index (χ1) is 12.5. The molecule has 1 aromatic rings. The molecule has 4 fully saturated rings. The van der Waals surface area contributed by atoms with Crippen LogP contribution in [-0.4, -0.2) is 54.9 Å². The molecular formula is C18H24ClN3O3S. The molecule has 1 saturated carbocycles. The molecule has 3 saturated heterocycles. The van der Waals surface area contributed by atoms with Gasteiger partial charge in [0.15, 0.2) is 0 Å². The molecule has 4 atom stereocenters. The van der Waals surface area contributed by atoms with Crippen LogP contribution in [0.15, 0.2) is 18.5 Å². The maximum absolute atomic E-state index is 12.2. The second-order valence-corrected chi connectivity index (χ2v) is 10.7. The number of nitrogens with zero attached hydrogens (tertiary/aromatic N) is 2. The van der Waals surface area contributed by atoms with Crippen molar-refractivity contribution in [2.24, 2.45) is 11.8 Å². The van der Waals surface area contributed by atoms with Crippen LogP contribution in [-0.2, 0) is 21.3 Å². The van der Waals surface area contributed by atoms with Gasteiger partial charge in [-0.1, -0.05) is 11.6 Å². The fourth-order valence-corrected chi connectivity index (χ4v) is 6.76. The number of hydrogen-bond acceptors (Lipinski definition) is 5. The minimum absolute atomic E-state index is 0.0974. The van der Waals surface area contributed by atoms with Gasteiger partial charge in [0.2, 0.25) is 10.0 Å². The molecule has 0 aromatic carbocycles. The van der Waals surface area contributed by atoms with Crippen LogP contribution in [0.4, 0.5) is 0 Å². The summed E-state index contributed by atoms with van der Waals surface area (Å²) >= 11 is 6.27. The molecule has 1 N–H and O–H groups in total. The summed E-state index contributed by atoms with van der Waals surface area (Å²) in [4.78, 5) is 6.45. The Kier molecular flexibility index (Phi) is 4.10. The Morgan fingerprint density at radius 1 is 1.38 bits per heavy atom. The topological polar surface area (TPSA) is 71.5 Å². The predicted molar refractivity (Wildman–Crippen MR) is 98.3 cm³/mol. The van der Waals surface area contributed by atoms with Crippen molar-refractivity contribution < 1.29 is 13.2 Å². The fraction of sp³-hybridized carbons (Fsp3) is 0.722. The maximum atomic E-state index is 12.2. The van der Waals surface area contributed by atoms with Crippen molar-refractivity contribution in [1.82, 2.24) is 14.6 Å². The maximum Gasteiger partial charge on any atom is 0.214 e. The van der Waals surface area contributed by atoms with E-state index in [0.717, 1.165) is 50.9 Å². The van der Waals surface area contributed by atoms with E-state index in [4.69, 9.17) is 16.3 Å². The van der Waals surface area contributed by atoms with E-state index < -0.39 is 10.0 Å². The highest BCUT2D eigenvalue weighted by atomic mass is 35.5. The summed E-state index contributed by atoms with van der Waals surface area (Å²) in [6.07, 6.45) is 7.37. The van der Waals surface area contributed by atoms with Crippen LogP contribution in [0.25, 0.3) is 0 Å². The van der Waals surface area contributed by atoms with Crippen LogP contribution in [0, 0.1) is 11.8 Å². The standard InChI is InChI=1S/C18H24ClN3O3S/c19-16-8-20-6-4-12(16)9-22-10-15-14(7-21-26(23,24)13-1-2-13)17-3-5-18(15,11-22)25-17/h4,6,8,13-15,17,21H,1-3,5,7,9-11H2/t14-,15+,17+,18+/m0/s1. The Morgan fingerprint density at radius 2 is 2.23 bits per heavy atom. The van der Waals surface area contributed by atoms with E-state index >= 15 is 0 Å². The Morgan fingerprint density at radius 3 is 3.00 bits per heavy atom. The summed E-state index contributed by atoms with van der Waals surface area (Å²) in [5.74, 6) is 0.666. The lowest BCUT2D eigenvalue weighted by Crippen LogP contribution is -2.42. The lowest BCUT2D eigenvalue weighted by molar-refractivity contribution is 0.00220. The predicted octanol–water partition coefficient (Wildman–Crippen LogP) is 1.80. The monoisotopic (exact) mass is 397 g/mol. The smallest absolute Gasteiger partial charge is 0.214 e. The first kappa shape index (κ1) is 17.4. The molecule has 4 aliphatic rings. The quantitative estimate of drug-likeness (QED) is 0.792. The van der Waals surface area contributed by atoms with Gasteiger partial charge >= 0.3 is 0 Å². The first-order valence-corrected chi connectivity index (χ1v) is 11.4. The van der Waals surface area contributed by atoms with Gasteiger partial charge in [-0.05, 0) is 37.3 Å². The molecule has 4 heterocycles. The minimum atomic E-state index is -3.13. The summed E-state index contributed by atoms with van der Waals surface area (Å²) in [7, 11) is -3.13. The zero-order valence-electron chi connectivity index (χ0n) is 14.6. The highest BCUT2D eigenvalue weighted by molar-refractivity contribution is 7.90. The number of pyridine rings is 1. The van der Waals surface area contributed by atoms with Crippen LogP contribution < -0.4 is 4.72 Å². The third-order valence-electron chi connectivity index (χ3n) is 6.59. The van der Waals surface area contributed by atoms with Crippen molar-refractivity contribution >= 4 is 21.6 Å². The van der Waals surface area contributed by atoms with Gasteiger partial charge in [0, 0.05) is 50.4 Å². The lowest BCUT2D eigenvalue weighted by Gasteiger charge is -2.29. The molecule has 0 amide bonds. The minimum Gasteiger partial charge on any atom is -0.370 e. The molecule has 1 spiro atoms. The van der Waals surface area contributed by atoms with E-state index in [2.05, 4.69) is 14.6 Å². The van der Waals surface area contributed by atoms with E-state index in [1.165, 1.54) is 0 Å². The van der Waals surface area contributed by atoms with Crippen molar-refractivity contribution in [3.63, 3.8) is 0 Å². The number of hydrogen-bond donors (Lipinski definition) is 1. The van der Waals surface area contributed by atoms with Crippen LogP contribution in [0.1, 0.15) is 31.2 Å². The van der Waals surface area contributed by atoms with Gasteiger partial charge in [-0.3, -0.25) is 9.88 Å². The average molecular weight is 398 g/mol. The third-order valence-corrected chi connectivity index (χ3v) is 8.85. The molecule has 0 unspecified atom stereocenters. The van der Waals surface area contributed by atoms with Crippen LogP contribution in [0.3, 0.4) is 0 Å². The van der Waals surface area contributed by atoms with Gasteiger partial charge in [-0.25, -0.2) is 13.1 Å². The Hall–Kier alpha value is -0.730. The second kappa shape index (κ2) is 6.14. The van der Waals surface area contributed by atoms with Gasteiger partial charge in [-0.2, -0.15) is 0 Å². The summed E-state index contributed by atoms with van der Waals surface area (Å²) in [5.41, 5.74) is 0.985. The van der Waals surface area contributed by atoms with Crippen molar-refractivity contribution in [2.75, 3.05) is 19.6 Å². The molecule has 1 aliphatic carbocycles. The van der Waals surface area contributed by atoms with Crippen LogP contribution in [0.5, 0.6) is 0 Å². The number of aromatic nitrogens is 1. The molecule has 5 rings (SSSR count). The zero-order valence-corrected chi connectivity index (χ0v) is 16.2. The highest BCUT2D eigenvalue weighted by Gasteiger charge is 2.62. The second-order valence-electron chi connectivity index (χ2n) is 8.26. The number of ether oxygens (including phenoxy) is 1. The lowest BCUT2D eigenvalue weighted by atomic mass is 9.74. The SMILES string of the molecule is O=S(=O)(NC[C@H]1[C@H]2CN(Cc3ccncc3Cl)C[C@]23CC[C@H]1O3)C1CC1. The molecule has 8 heteroatoms. The summed E-state index contributed by atoms with van der Waals surface area (Å²) in [6, 6.07) is 1.97. The van der Waals surface area contributed by atoms with E-state index in [1.54, 1.807) is 12.4 Å². The molecule has 1 aromatic heterocycles. The number of fused-ring (bicyclic) bond motifs is 1.